The van der Waals surface area contributed by atoms with Crippen molar-refractivity contribution in [2.45, 2.75) is 19.6 Å². The third kappa shape index (κ3) is 2.81. The van der Waals surface area contributed by atoms with E-state index in [1.807, 2.05) is 0 Å². The summed E-state index contributed by atoms with van der Waals surface area (Å²) in [7, 11) is 0. The number of hydrogen-bond acceptors (Lipinski definition) is 4. The van der Waals surface area contributed by atoms with Gasteiger partial charge in [0.05, 0.1) is 0 Å². The highest BCUT2D eigenvalue weighted by molar-refractivity contribution is 8.02. The molecule has 0 amide bonds. The van der Waals surface area contributed by atoms with Crippen molar-refractivity contribution >= 4 is 47.0 Å². The van der Waals surface area contributed by atoms with Crippen LogP contribution in [0.1, 0.15) is 0 Å². The van der Waals surface area contributed by atoms with Gasteiger partial charge in [-0.05, 0) is 31.1 Å². The van der Waals surface area contributed by atoms with Gasteiger partial charge in [-0.15, -0.1) is 47.0 Å². The summed E-state index contributed by atoms with van der Waals surface area (Å²) in [5, 5.41) is 0. The molecule has 77 valence electrons. The molecule has 0 heterocycles. The van der Waals surface area contributed by atoms with Gasteiger partial charge < -0.3 is 0 Å². The lowest BCUT2D eigenvalue weighted by molar-refractivity contribution is 1.09. The van der Waals surface area contributed by atoms with Gasteiger partial charge in [-0.1, -0.05) is 0 Å². The van der Waals surface area contributed by atoms with Crippen LogP contribution in [0.2, 0.25) is 0 Å². The highest BCUT2D eigenvalue weighted by atomic mass is 32.2. The highest BCUT2D eigenvalue weighted by Crippen LogP contribution is 2.37. The molecule has 0 aliphatic heterocycles. The molecular formula is C10H13S4. The van der Waals surface area contributed by atoms with Gasteiger partial charge in [0.2, 0.25) is 0 Å². The van der Waals surface area contributed by atoms with Gasteiger partial charge in [-0.25, -0.2) is 0 Å². The van der Waals surface area contributed by atoms with E-state index in [9.17, 15) is 0 Å². The van der Waals surface area contributed by atoms with Crippen molar-refractivity contribution in [3.8, 4) is 0 Å². The minimum atomic E-state index is 1.26. The molecule has 0 fully saturated rings. The molecule has 1 rings (SSSR count). The van der Waals surface area contributed by atoms with E-state index in [0.717, 1.165) is 0 Å². The Labute approximate surface area is 103 Å². The molecule has 0 spiro atoms. The average Bonchev–Trinajstić information content (AvgIpc) is 2.26. The quantitative estimate of drug-likeness (QED) is 0.738. The van der Waals surface area contributed by atoms with Crippen molar-refractivity contribution in [3.63, 3.8) is 0 Å². The molecular weight excluding hydrogens is 248 g/mol. The van der Waals surface area contributed by atoms with Crippen molar-refractivity contribution in [3.05, 3.63) is 12.1 Å². The fourth-order valence-electron chi connectivity index (χ4n) is 1.08. The van der Waals surface area contributed by atoms with E-state index in [1.165, 1.54) is 19.6 Å². The molecule has 0 aliphatic carbocycles. The van der Waals surface area contributed by atoms with Gasteiger partial charge in [-0.3, -0.25) is 0 Å². The van der Waals surface area contributed by atoms with Crippen LogP contribution in [0, 0.1) is 6.07 Å². The largest absolute Gasteiger partial charge is 0.128 e. The first-order valence-corrected chi connectivity index (χ1v) is 8.93. The zero-order valence-corrected chi connectivity index (χ0v) is 12.0. The highest BCUT2D eigenvalue weighted by Gasteiger charge is 2.08. The summed E-state index contributed by atoms with van der Waals surface area (Å²) in [6.45, 7) is 0. The molecule has 0 saturated carbocycles. The van der Waals surface area contributed by atoms with Crippen LogP contribution in [0.4, 0.5) is 0 Å². The second kappa shape index (κ2) is 6.26. The lowest BCUT2D eigenvalue weighted by Gasteiger charge is -2.10. The smallest absolute Gasteiger partial charge is 0.0297 e. The Morgan fingerprint density at radius 3 is 1.50 bits per heavy atom. The summed E-state index contributed by atoms with van der Waals surface area (Å²) < 4.78 is 0. The lowest BCUT2D eigenvalue weighted by atomic mass is 10.3. The number of benzene rings is 1. The predicted molar refractivity (Wildman–Crippen MR) is 72.4 cm³/mol. The molecule has 0 aromatic heterocycles. The monoisotopic (exact) mass is 261 g/mol. The molecule has 1 aromatic carbocycles. The molecule has 14 heavy (non-hydrogen) atoms. The molecule has 0 atom stereocenters. The van der Waals surface area contributed by atoms with Crippen molar-refractivity contribution in [2.24, 2.45) is 0 Å². The minimum Gasteiger partial charge on any atom is -0.128 e. The first kappa shape index (κ1) is 12.7. The van der Waals surface area contributed by atoms with Crippen molar-refractivity contribution in [1.82, 2.24) is 0 Å². The SMILES string of the molecule is CSc1[c]c(SC)c(SC)cc1SC. The third-order valence-corrected chi connectivity index (χ3v) is 5.03. The van der Waals surface area contributed by atoms with Gasteiger partial charge in [0.15, 0.2) is 0 Å². The van der Waals surface area contributed by atoms with Crippen LogP contribution >= 0.6 is 47.0 Å². The van der Waals surface area contributed by atoms with E-state index in [-0.39, 0.29) is 0 Å². The van der Waals surface area contributed by atoms with Gasteiger partial charge >= 0.3 is 0 Å². The van der Waals surface area contributed by atoms with E-state index in [4.69, 9.17) is 0 Å². The van der Waals surface area contributed by atoms with Gasteiger partial charge in [-0.2, -0.15) is 0 Å². The van der Waals surface area contributed by atoms with Crippen LogP contribution < -0.4 is 0 Å². The average molecular weight is 261 g/mol. The molecule has 1 radical (unpaired) electrons. The van der Waals surface area contributed by atoms with Crippen LogP contribution in [0.25, 0.3) is 0 Å². The van der Waals surface area contributed by atoms with Gasteiger partial charge in [0.25, 0.3) is 0 Å². The Balaban J connectivity index is 3.20. The molecule has 0 unspecified atom stereocenters. The van der Waals surface area contributed by atoms with Crippen LogP contribution in [0.5, 0.6) is 0 Å². The van der Waals surface area contributed by atoms with Crippen LogP contribution in [-0.4, -0.2) is 25.0 Å². The third-order valence-electron chi connectivity index (χ3n) is 1.78. The van der Waals surface area contributed by atoms with E-state index in [2.05, 4.69) is 37.2 Å². The fourth-order valence-corrected chi connectivity index (χ4v) is 4.09. The number of thioether (sulfide) groups is 4. The number of hydrogen-bond donors (Lipinski definition) is 0. The van der Waals surface area contributed by atoms with Crippen molar-refractivity contribution in [1.29, 1.82) is 0 Å². The first-order valence-electron chi connectivity index (χ1n) is 4.03. The van der Waals surface area contributed by atoms with Gasteiger partial charge in [0.1, 0.15) is 0 Å². The first-order chi connectivity index (χ1) is 6.76. The molecule has 1 aromatic rings. The van der Waals surface area contributed by atoms with Crippen LogP contribution in [-0.2, 0) is 0 Å². The van der Waals surface area contributed by atoms with Crippen molar-refractivity contribution in [2.75, 3.05) is 25.0 Å². The fraction of sp³-hybridized carbons (Fsp3) is 0.400. The maximum absolute atomic E-state index is 3.47. The number of rotatable bonds is 4. The maximum Gasteiger partial charge on any atom is 0.0297 e. The normalized spacial score (nSPS) is 10.6. The maximum atomic E-state index is 3.47. The molecule has 0 saturated heterocycles. The molecule has 0 nitrogen and oxygen atoms in total. The van der Waals surface area contributed by atoms with Crippen LogP contribution in [0.3, 0.4) is 0 Å². The van der Waals surface area contributed by atoms with Crippen LogP contribution in [0.15, 0.2) is 25.6 Å². The lowest BCUT2D eigenvalue weighted by Crippen LogP contribution is -1.84. The summed E-state index contributed by atoms with van der Waals surface area (Å²) in [5.74, 6) is 0. The second-order valence-corrected chi connectivity index (χ2v) is 5.80. The zero-order valence-electron chi connectivity index (χ0n) is 8.71. The Kier molecular flexibility index (Phi) is 5.67. The minimum absolute atomic E-state index is 1.26. The molecule has 4 heteroatoms. The van der Waals surface area contributed by atoms with Crippen molar-refractivity contribution < 1.29 is 0 Å². The van der Waals surface area contributed by atoms with E-state index in [0.29, 0.717) is 0 Å². The second-order valence-electron chi connectivity index (χ2n) is 2.47. The Morgan fingerprint density at radius 2 is 1.21 bits per heavy atom. The summed E-state index contributed by atoms with van der Waals surface area (Å²) in [4.78, 5) is 5.19. The Morgan fingerprint density at radius 1 is 0.786 bits per heavy atom. The van der Waals surface area contributed by atoms with E-state index < -0.39 is 0 Å². The zero-order chi connectivity index (χ0) is 10.6. The molecule has 0 N–H and O–H groups in total. The Bertz CT molecular complexity index is 251. The van der Waals surface area contributed by atoms with Gasteiger partial charge in [0, 0.05) is 25.6 Å². The summed E-state index contributed by atoms with van der Waals surface area (Å²) in [6, 6.07) is 5.73. The molecule has 0 bridgehead atoms. The van der Waals surface area contributed by atoms with E-state index in [1.54, 1.807) is 47.0 Å². The molecule has 0 aliphatic rings. The predicted octanol–water partition coefficient (Wildman–Crippen LogP) is 4.37. The standard InChI is InChI=1S/C10H13S4/c1-11-7-5-9(13-3)10(14-4)6-8(7)12-2/h5H,1-4H3. The topological polar surface area (TPSA) is 0 Å². The Hall–Kier alpha value is 0.620. The summed E-state index contributed by atoms with van der Waals surface area (Å²) >= 11 is 7.13. The summed E-state index contributed by atoms with van der Waals surface area (Å²) in [6.07, 6.45) is 8.44. The summed E-state index contributed by atoms with van der Waals surface area (Å²) in [5.41, 5.74) is 0. The van der Waals surface area contributed by atoms with E-state index >= 15 is 0 Å².